The molecule has 2 heterocycles. The lowest BCUT2D eigenvalue weighted by Crippen LogP contribution is -2.02. The molecule has 1 fully saturated rings. The quantitative estimate of drug-likeness (QED) is 0.686. The highest BCUT2D eigenvalue weighted by atomic mass is 15.0. The van der Waals surface area contributed by atoms with E-state index < -0.39 is 0 Å². The molecule has 2 atom stereocenters. The number of aromatic nitrogens is 3. The Morgan fingerprint density at radius 1 is 1.46 bits per heavy atom. The molecular formula is C9H10N4. The minimum atomic E-state index is 0.327. The van der Waals surface area contributed by atoms with E-state index in [-0.39, 0.29) is 0 Å². The summed E-state index contributed by atoms with van der Waals surface area (Å²) in [6.07, 6.45) is 8.44. The highest BCUT2D eigenvalue weighted by Crippen LogP contribution is 2.38. The van der Waals surface area contributed by atoms with E-state index in [1.807, 2.05) is 12.4 Å². The van der Waals surface area contributed by atoms with E-state index in [2.05, 4.69) is 14.4 Å². The van der Waals surface area contributed by atoms with Gasteiger partial charge in [-0.15, -0.1) is 0 Å². The van der Waals surface area contributed by atoms with Gasteiger partial charge in [-0.3, -0.25) is 4.98 Å². The normalized spacial score (nSPS) is 26.5. The molecule has 0 bridgehead atoms. The van der Waals surface area contributed by atoms with E-state index in [9.17, 15) is 0 Å². The number of hydrogen-bond acceptors (Lipinski definition) is 3. The molecule has 2 N–H and O–H groups in total. The molecule has 4 nitrogen and oxygen atoms in total. The second-order valence-electron chi connectivity index (χ2n) is 3.49. The number of hydrogen-bond donors (Lipinski definition) is 1. The Labute approximate surface area is 75.4 Å². The molecule has 1 aliphatic carbocycles. The van der Waals surface area contributed by atoms with E-state index >= 15 is 0 Å². The van der Waals surface area contributed by atoms with Crippen molar-refractivity contribution in [2.75, 3.05) is 0 Å². The standard InChI is InChI=1S/C9H10N4/c10-7-3-6(7)8-4-12-9-5-11-1-2-13(8)9/h1-2,4-7H,3,10H2/t6-,7-/m1/s1. The fourth-order valence-electron chi connectivity index (χ4n) is 1.69. The van der Waals surface area contributed by atoms with Crippen LogP contribution in [0.15, 0.2) is 24.8 Å². The summed E-state index contributed by atoms with van der Waals surface area (Å²) < 4.78 is 2.06. The van der Waals surface area contributed by atoms with E-state index in [0.717, 1.165) is 12.1 Å². The fourth-order valence-corrected chi connectivity index (χ4v) is 1.69. The van der Waals surface area contributed by atoms with Gasteiger partial charge in [0.2, 0.25) is 0 Å². The van der Waals surface area contributed by atoms with E-state index in [1.165, 1.54) is 5.69 Å². The molecule has 4 heteroatoms. The highest BCUT2D eigenvalue weighted by molar-refractivity contribution is 5.39. The summed E-state index contributed by atoms with van der Waals surface area (Å²) in [5.41, 5.74) is 7.90. The first-order valence-corrected chi connectivity index (χ1v) is 4.39. The Morgan fingerprint density at radius 3 is 3.08 bits per heavy atom. The number of nitrogens with two attached hydrogens (primary N) is 1. The number of nitrogens with zero attached hydrogens (tertiary/aromatic N) is 3. The van der Waals surface area contributed by atoms with Crippen LogP contribution in [0, 0.1) is 0 Å². The summed E-state index contributed by atoms with van der Waals surface area (Å²) in [6, 6.07) is 0.327. The number of imidazole rings is 1. The molecule has 0 aromatic carbocycles. The van der Waals surface area contributed by atoms with Crippen molar-refractivity contribution in [3.8, 4) is 0 Å². The molecule has 13 heavy (non-hydrogen) atoms. The SMILES string of the molecule is N[C@@H]1C[C@H]1c1cnc2cnccn12. The van der Waals surface area contributed by atoms with Gasteiger partial charge in [-0.2, -0.15) is 0 Å². The van der Waals surface area contributed by atoms with Gasteiger partial charge in [-0.25, -0.2) is 4.98 Å². The summed E-state index contributed by atoms with van der Waals surface area (Å²) in [4.78, 5) is 8.27. The number of fused-ring (bicyclic) bond motifs is 1. The van der Waals surface area contributed by atoms with Crippen molar-refractivity contribution in [3.63, 3.8) is 0 Å². The van der Waals surface area contributed by atoms with Gasteiger partial charge >= 0.3 is 0 Å². The van der Waals surface area contributed by atoms with Gasteiger partial charge in [-0.05, 0) is 6.42 Å². The maximum absolute atomic E-state index is 5.79. The zero-order valence-corrected chi connectivity index (χ0v) is 7.09. The molecule has 0 spiro atoms. The maximum atomic E-state index is 5.79. The van der Waals surface area contributed by atoms with Gasteiger partial charge in [0, 0.05) is 36.2 Å². The van der Waals surface area contributed by atoms with Crippen LogP contribution in [0.25, 0.3) is 5.65 Å². The lowest BCUT2D eigenvalue weighted by atomic mass is 10.3. The van der Waals surface area contributed by atoms with Crippen LogP contribution < -0.4 is 5.73 Å². The van der Waals surface area contributed by atoms with Crippen LogP contribution in [0.4, 0.5) is 0 Å². The number of rotatable bonds is 1. The monoisotopic (exact) mass is 174 g/mol. The van der Waals surface area contributed by atoms with Crippen molar-refractivity contribution in [1.29, 1.82) is 0 Å². The molecule has 2 aromatic heterocycles. The minimum absolute atomic E-state index is 0.327. The Balaban J connectivity index is 2.19. The smallest absolute Gasteiger partial charge is 0.155 e. The zero-order valence-electron chi connectivity index (χ0n) is 7.09. The Morgan fingerprint density at radius 2 is 2.31 bits per heavy atom. The lowest BCUT2D eigenvalue weighted by Gasteiger charge is -1.97. The van der Waals surface area contributed by atoms with Gasteiger partial charge in [0.25, 0.3) is 0 Å². The molecule has 66 valence electrons. The molecule has 0 saturated heterocycles. The molecule has 2 aromatic rings. The van der Waals surface area contributed by atoms with Crippen molar-refractivity contribution >= 4 is 5.65 Å². The summed E-state index contributed by atoms with van der Waals surface area (Å²) in [5, 5.41) is 0. The van der Waals surface area contributed by atoms with Crippen molar-refractivity contribution in [2.24, 2.45) is 5.73 Å². The third kappa shape index (κ3) is 0.954. The van der Waals surface area contributed by atoms with Gasteiger partial charge in [0.15, 0.2) is 5.65 Å². The molecule has 0 amide bonds. The van der Waals surface area contributed by atoms with Crippen molar-refractivity contribution < 1.29 is 0 Å². The van der Waals surface area contributed by atoms with Gasteiger partial charge in [0.05, 0.1) is 6.20 Å². The van der Waals surface area contributed by atoms with Crippen LogP contribution in [0.2, 0.25) is 0 Å². The second-order valence-corrected chi connectivity index (χ2v) is 3.49. The molecule has 0 aliphatic heterocycles. The summed E-state index contributed by atoms with van der Waals surface area (Å²) in [6.45, 7) is 0. The lowest BCUT2D eigenvalue weighted by molar-refractivity contribution is 0.920. The minimum Gasteiger partial charge on any atom is -0.327 e. The van der Waals surface area contributed by atoms with Gasteiger partial charge in [0.1, 0.15) is 0 Å². The molecular weight excluding hydrogens is 164 g/mol. The average Bonchev–Trinajstić information content (AvgIpc) is 2.74. The first kappa shape index (κ1) is 7.03. The molecule has 0 unspecified atom stereocenters. The van der Waals surface area contributed by atoms with Crippen LogP contribution in [0.5, 0.6) is 0 Å². The average molecular weight is 174 g/mol. The summed E-state index contributed by atoms with van der Waals surface area (Å²) >= 11 is 0. The van der Waals surface area contributed by atoms with E-state index in [4.69, 9.17) is 5.73 Å². The van der Waals surface area contributed by atoms with Crippen LogP contribution >= 0.6 is 0 Å². The molecule has 0 radical (unpaired) electrons. The molecule has 1 saturated carbocycles. The van der Waals surface area contributed by atoms with Gasteiger partial charge < -0.3 is 10.1 Å². The summed E-state index contributed by atoms with van der Waals surface area (Å²) in [7, 11) is 0. The zero-order chi connectivity index (χ0) is 8.84. The fraction of sp³-hybridized carbons (Fsp3) is 0.333. The first-order valence-electron chi connectivity index (χ1n) is 4.39. The first-order chi connectivity index (χ1) is 6.36. The van der Waals surface area contributed by atoms with Crippen molar-refractivity contribution in [1.82, 2.24) is 14.4 Å². The van der Waals surface area contributed by atoms with Crippen LogP contribution in [-0.4, -0.2) is 20.4 Å². The van der Waals surface area contributed by atoms with E-state index in [0.29, 0.717) is 12.0 Å². The Hall–Kier alpha value is -1.42. The van der Waals surface area contributed by atoms with Crippen molar-refractivity contribution in [3.05, 3.63) is 30.5 Å². The third-order valence-electron chi connectivity index (χ3n) is 2.57. The Bertz CT molecular complexity index is 448. The van der Waals surface area contributed by atoms with E-state index in [1.54, 1.807) is 12.4 Å². The predicted molar refractivity (Wildman–Crippen MR) is 48.3 cm³/mol. The highest BCUT2D eigenvalue weighted by Gasteiger charge is 2.37. The summed E-state index contributed by atoms with van der Waals surface area (Å²) in [5.74, 6) is 0.498. The van der Waals surface area contributed by atoms with Crippen LogP contribution in [-0.2, 0) is 0 Å². The largest absolute Gasteiger partial charge is 0.327 e. The van der Waals surface area contributed by atoms with Crippen LogP contribution in [0.1, 0.15) is 18.0 Å². The molecule has 1 aliphatic rings. The maximum Gasteiger partial charge on any atom is 0.155 e. The predicted octanol–water partition coefficient (Wildman–Crippen LogP) is 0.544. The third-order valence-corrected chi connectivity index (χ3v) is 2.57. The topological polar surface area (TPSA) is 56.2 Å². The second kappa shape index (κ2) is 2.29. The molecule has 3 rings (SSSR count). The Kier molecular flexibility index (Phi) is 1.24. The van der Waals surface area contributed by atoms with Crippen molar-refractivity contribution in [2.45, 2.75) is 18.4 Å². The van der Waals surface area contributed by atoms with Crippen LogP contribution in [0.3, 0.4) is 0 Å². The van der Waals surface area contributed by atoms with Gasteiger partial charge in [-0.1, -0.05) is 0 Å².